The second-order valence-corrected chi connectivity index (χ2v) is 15.7. The third-order valence-electron chi connectivity index (χ3n) is 9.85. The molecule has 0 rings (SSSR count). The third kappa shape index (κ3) is 47.0. The second-order valence-electron chi connectivity index (χ2n) is 15.7. The number of esters is 3. The van der Waals surface area contributed by atoms with Crippen molar-refractivity contribution in [3.63, 3.8) is 0 Å². The first-order valence-electron chi connectivity index (χ1n) is 24.4. The van der Waals surface area contributed by atoms with Crippen LogP contribution in [0.25, 0.3) is 0 Å². The lowest BCUT2D eigenvalue weighted by Gasteiger charge is -2.18. The lowest BCUT2D eigenvalue weighted by molar-refractivity contribution is -0.167. The van der Waals surface area contributed by atoms with Crippen LogP contribution >= 0.6 is 0 Å². The molecular weight excluding hydrogens is 757 g/mol. The van der Waals surface area contributed by atoms with E-state index < -0.39 is 6.10 Å². The van der Waals surface area contributed by atoms with Gasteiger partial charge in [0.05, 0.1) is 0 Å². The van der Waals surface area contributed by atoms with Gasteiger partial charge in [0.1, 0.15) is 13.2 Å². The molecule has 0 aromatic rings. The summed E-state index contributed by atoms with van der Waals surface area (Å²) in [6, 6.07) is 0. The van der Waals surface area contributed by atoms with Gasteiger partial charge >= 0.3 is 17.9 Å². The van der Waals surface area contributed by atoms with Crippen LogP contribution in [0, 0.1) is 0 Å². The maximum atomic E-state index is 12.8. The van der Waals surface area contributed by atoms with E-state index in [-0.39, 0.29) is 31.1 Å². The topological polar surface area (TPSA) is 78.9 Å². The van der Waals surface area contributed by atoms with Crippen molar-refractivity contribution < 1.29 is 28.6 Å². The third-order valence-corrected chi connectivity index (χ3v) is 9.85. The number of unbranched alkanes of at least 4 members (excludes halogenated alkanes) is 16. The molecule has 6 nitrogen and oxygen atoms in total. The van der Waals surface area contributed by atoms with E-state index >= 15 is 0 Å². The molecule has 0 fully saturated rings. The van der Waals surface area contributed by atoms with Crippen LogP contribution in [-0.4, -0.2) is 37.2 Å². The molecule has 0 N–H and O–H groups in total. The minimum atomic E-state index is -0.805. The number of rotatable bonds is 42. The predicted octanol–water partition coefficient (Wildman–Crippen LogP) is 16.0. The molecule has 0 aliphatic heterocycles. The van der Waals surface area contributed by atoms with Crippen LogP contribution in [0.2, 0.25) is 0 Å². The summed E-state index contributed by atoms with van der Waals surface area (Å²) in [4.78, 5) is 37.9. The van der Waals surface area contributed by atoms with Crippen molar-refractivity contribution in [1.82, 2.24) is 0 Å². The Morgan fingerprint density at radius 2 is 0.672 bits per heavy atom. The first-order chi connectivity index (χ1) is 30.0. The van der Waals surface area contributed by atoms with Crippen LogP contribution in [0.15, 0.2) is 109 Å². The fraction of sp³-hybridized carbons (Fsp3) is 0.618. The lowest BCUT2D eigenvalue weighted by atomic mass is 10.1. The first-order valence-corrected chi connectivity index (χ1v) is 24.4. The van der Waals surface area contributed by atoms with Gasteiger partial charge in [-0.1, -0.05) is 194 Å². The van der Waals surface area contributed by atoms with Gasteiger partial charge in [-0.25, -0.2) is 0 Å². The summed E-state index contributed by atoms with van der Waals surface area (Å²) < 4.78 is 16.7. The molecule has 0 aromatic heterocycles. The predicted molar refractivity (Wildman–Crippen MR) is 260 cm³/mol. The molecule has 0 aromatic carbocycles. The van der Waals surface area contributed by atoms with E-state index in [1.165, 1.54) is 38.5 Å². The summed E-state index contributed by atoms with van der Waals surface area (Å²) in [5.74, 6) is -0.972. The molecule has 0 saturated heterocycles. The zero-order valence-electron chi connectivity index (χ0n) is 39.1. The minimum Gasteiger partial charge on any atom is -0.462 e. The molecule has 0 spiro atoms. The number of ether oxygens (including phenoxy) is 3. The normalized spacial score (nSPS) is 13.0. The highest BCUT2D eigenvalue weighted by atomic mass is 16.6. The molecule has 0 bridgehead atoms. The summed E-state index contributed by atoms with van der Waals surface area (Å²) in [5.41, 5.74) is 0. The molecule has 0 heterocycles. The van der Waals surface area contributed by atoms with Crippen LogP contribution in [0.3, 0.4) is 0 Å². The second kappa shape index (κ2) is 48.7. The Bertz CT molecular complexity index is 1290. The van der Waals surface area contributed by atoms with E-state index in [1.807, 2.05) is 36.5 Å². The quantitative estimate of drug-likeness (QED) is 0.0200. The SMILES string of the molecule is CC\C=C/C=C\C=C/C=C\CCCCCC(=O)OCC(COC(=O)CCCCCCCC/C=C\C/C=C\C/C=C\CC)OC(=O)CCCCCCCCC/C=C\C/C=C\CC. The molecule has 0 saturated carbocycles. The van der Waals surface area contributed by atoms with E-state index in [0.717, 1.165) is 122 Å². The number of allylic oxidation sites excluding steroid dienone is 18. The summed E-state index contributed by atoms with van der Waals surface area (Å²) in [6.45, 7) is 6.21. The Morgan fingerprint density at radius 3 is 1.13 bits per heavy atom. The van der Waals surface area contributed by atoms with E-state index in [0.29, 0.717) is 19.3 Å². The van der Waals surface area contributed by atoms with Gasteiger partial charge in [-0.3, -0.25) is 14.4 Å². The monoisotopic (exact) mass is 845 g/mol. The molecule has 0 amide bonds. The summed E-state index contributed by atoms with van der Waals surface area (Å²) in [6.07, 6.45) is 65.0. The lowest BCUT2D eigenvalue weighted by Crippen LogP contribution is -2.30. The van der Waals surface area contributed by atoms with Crippen molar-refractivity contribution in [1.29, 1.82) is 0 Å². The van der Waals surface area contributed by atoms with Crippen LogP contribution in [0.1, 0.15) is 201 Å². The van der Waals surface area contributed by atoms with Crippen LogP contribution in [0.4, 0.5) is 0 Å². The summed E-state index contributed by atoms with van der Waals surface area (Å²) in [7, 11) is 0. The number of carbonyl (C=O) groups is 3. The van der Waals surface area contributed by atoms with Gasteiger partial charge in [0.25, 0.3) is 0 Å². The highest BCUT2D eigenvalue weighted by Gasteiger charge is 2.19. The molecular formula is C55H88O6. The standard InChI is InChI=1S/C55H88O6/c1-4-7-10-13-16-19-22-25-27-28-31-33-36-39-42-45-48-54(57)60-51-52(50-59-53(56)47-44-41-38-35-32-29-24-21-18-15-12-9-6-3)61-55(58)49-46-43-40-37-34-30-26-23-20-17-14-11-8-5-2/h7-12,15-21,24-25,27,29,32,52H,4-6,13-14,22-23,26,28,30-31,33-51H2,1-3H3/b10-7-,11-8-,12-9-,18-15-,19-16-,20-17-,24-21-,27-25-,32-29-. The van der Waals surface area contributed by atoms with Gasteiger partial charge in [0, 0.05) is 19.3 Å². The van der Waals surface area contributed by atoms with Crippen molar-refractivity contribution in [2.24, 2.45) is 0 Å². The van der Waals surface area contributed by atoms with Crippen molar-refractivity contribution >= 4 is 17.9 Å². The zero-order chi connectivity index (χ0) is 44.4. The van der Waals surface area contributed by atoms with Gasteiger partial charge in [-0.15, -0.1) is 0 Å². The van der Waals surface area contributed by atoms with Crippen molar-refractivity contribution in [2.75, 3.05) is 13.2 Å². The maximum Gasteiger partial charge on any atom is 0.306 e. The van der Waals surface area contributed by atoms with E-state index in [9.17, 15) is 14.4 Å². The molecule has 0 aliphatic carbocycles. The molecule has 6 heteroatoms. The van der Waals surface area contributed by atoms with Gasteiger partial charge in [-0.2, -0.15) is 0 Å². The van der Waals surface area contributed by atoms with Gasteiger partial charge in [0.15, 0.2) is 6.10 Å². The fourth-order valence-electron chi connectivity index (χ4n) is 6.27. The highest BCUT2D eigenvalue weighted by molar-refractivity contribution is 5.71. The largest absolute Gasteiger partial charge is 0.462 e. The number of hydrogen-bond acceptors (Lipinski definition) is 6. The molecule has 344 valence electrons. The maximum absolute atomic E-state index is 12.8. The first kappa shape index (κ1) is 57.1. The Kier molecular flexibility index (Phi) is 45.6. The Balaban J connectivity index is 4.49. The van der Waals surface area contributed by atoms with Gasteiger partial charge in [0.2, 0.25) is 0 Å². The van der Waals surface area contributed by atoms with E-state index in [4.69, 9.17) is 14.2 Å². The van der Waals surface area contributed by atoms with Crippen LogP contribution in [0.5, 0.6) is 0 Å². The molecule has 1 unspecified atom stereocenters. The summed E-state index contributed by atoms with van der Waals surface area (Å²) in [5, 5.41) is 0. The van der Waals surface area contributed by atoms with Gasteiger partial charge in [-0.05, 0) is 96.3 Å². The number of hydrogen-bond donors (Lipinski definition) is 0. The minimum absolute atomic E-state index is 0.103. The highest BCUT2D eigenvalue weighted by Crippen LogP contribution is 2.13. The van der Waals surface area contributed by atoms with Crippen LogP contribution < -0.4 is 0 Å². The Hall–Kier alpha value is -3.93. The zero-order valence-corrected chi connectivity index (χ0v) is 39.1. The number of carbonyl (C=O) groups excluding carboxylic acids is 3. The smallest absolute Gasteiger partial charge is 0.306 e. The van der Waals surface area contributed by atoms with E-state index in [1.54, 1.807) is 0 Å². The van der Waals surface area contributed by atoms with E-state index in [2.05, 4.69) is 93.7 Å². The van der Waals surface area contributed by atoms with Crippen molar-refractivity contribution in [3.05, 3.63) is 109 Å². The van der Waals surface area contributed by atoms with Gasteiger partial charge < -0.3 is 14.2 Å². The van der Waals surface area contributed by atoms with Crippen LogP contribution in [-0.2, 0) is 28.6 Å². The molecule has 61 heavy (non-hydrogen) atoms. The average Bonchev–Trinajstić information content (AvgIpc) is 3.26. The molecule has 0 radical (unpaired) electrons. The molecule has 1 atom stereocenters. The van der Waals surface area contributed by atoms with Crippen molar-refractivity contribution in [3.8, 4) is 0 Å². The molecule has 0 aliphatic rings. The Labute approximate surface area is 374 Å². The summed E-state index contributed by atoms with van der Waals surface area (Å²) >= 11 is 0. The average molecular weight is 845 g/mol. The Morgan fingerprint density at radius 1 is 0.344 bits per heavy atom. The fourth-order valence-corrected chi connectivity index (χ4v) is 6.27. The van der Waals surface area contributed by atoms with Crippen molar-refractivity contribution in [2.45, 2.75) is 207 Å².